The normalized spacial score (nSPS) is 13.1. The van der Waals surface area contributed by atoms with Gasteiger partial charge in [0.1, 0.15) is 6.10 Å². The number of methoxy groups -OCH3 is 1. The van der Waals surface area contributed by atoms with Gasteiger partial charge in [0.15, 0.2) is 0 Å². The summed E-state index contributed by atoms with van der Waals surface area (Å²) in [6.07, 6.45) is 3.75. The number of amides is 1. The fourth-order valence-corrected chi connectivity index (χ4v) is 4.34. The molecule has 0 spiro atoms. The van der Waals surface area contributed by atoms with E-state index in [0.717, 1.165) is 25.2 Å². The van der Waals surface area contributed by atoms with Gasteiger partial charge in [-0.25, -0.2) is 5.48 Å². The summed E-state index contributed by atoms with van der Waals surface area (Å²) in [6, 6.07) is 17.3. The Hall–Kier alpha value is -2.25. The molecule has 35 heavy (non-hydrogen) atoms. The lowest BCUT2D eigenvalue weighted by atomic mass is 9.90. The highest BCUT2D eigenvalue weighted by Crippen LogP contribution is 2.28. The first-order chi connectivity index (χ1) is 17.0. The number of benzene rings is 2. The Bertz CT molecular complexity index is 833. The summed E-state index contributed by atoms with van der Waals surface area (Å²) in [4.78, 5) is 20.0. The zero-order valence-corrected chi connectivity index (χ0v) is 22.0. The molecule has 0 fully saturated rings. The van der Waals surface area contributed by atoms with Gasteiger partial charge in [0.2, 0.25) is 5.91 Å². The third-order valence-corrected chi connectivity index (χ3v) is 6.13. The molecule has 6 nitrogen and oxygen atoms in total. The second-order valence-corrected chi connectivity index (χ2v) is 9.25. The van der Waals surface area contributed by atoms with Crippen molar-refractivity contribution in [3.05, 3.63) is 59.7 Å². The minimum atomic E-state index is -0.203. The van der Waals surface area contributed by atoms with E-state index in [2.05, 4.69) is 72.8 Å². The van der Waals surface area contributed by atoms with Crippen LogP contribution in [-0.4, -0.2) is 55.4 Å². The summed E-state index contributed by atoms with van der Waals surface area (Å²) in [5.41, 5.74) is 7.33. The first kappa shape index (κ1) is 29.0. The second kappa shape index (κ2) is 16.4. The molecule has 2 rings (SSSR count). The Labute approximate surface area is 211 Å². The van der Waals surface area contributed by atoms with E-state index in [-0.39, 0.29) is 24.5 Å². The molecule has 0 radical (unpaired) electrons. The first-order valence-electron chi connectivity index (χ1n) is 13.0. The van der Waals surface area contributed by atoms with Gasteiger partial charge in [0.05, 0.1) is 6.61 Å². The molecule has 2 atom stereocenters. The van der Waals surface area contributed by atoms with Crippen molar-refractivity contribution in [1.29, 1.82) is 0 Å². The molecule has 2 N–H and O–H groups in total. The first-order valence-corrected chi connectivity index (χ1v) is 13.0. The van der Waals surface area contributed by atoms with Crippen molar-refractivity contribution >= 4 is 5.91 Å². The minimum absolute atomic E-state index is 0.0873. The van der Waals surface area contributed by atoms with Gasteiger partial charge >= 0.3 is 0 Å². The van der Waals surface area contributed by atoms with E-state index in [1.165, 1.54) is 29.5 Å². The highest BCUT2D eigenvalue weighted by molar-refractivity contribution is 5.74. The van der Waals surface area contributed by atoms with Crippen LogP contribution in [0.4, 0.5) is 0 Å². The molecule has 0 saturated heterocycles. The molecule has 6 heteroatoms. The van der Waals surface area contributed by atoms with Crippen molar-refractivity contribution in [2.75, 3.05) is 33.4 Å². The molecule has 0 heterocycles. The van der Waals surface area contributed by atoms with Crippen molar-refractivity contribution in [3.8, 4) is 11.1 Å². The average molecular weight is 485 g/mol. The SMILES string of the molecule is CCCN(CCC)Cc1ccc(-c2ccc([C@@H](CCO)CCC(=O)NO[C@H](C)COC)cc2)cc1. The van der Waals surface area contributed by atoms with E-state index in [9.17, 15) is 9.90 Å². The number of aliphatic hydroxyl groups is 1. The molecule has 0 bridgehead atoms. The largest absolute Gasteiger partial charge is 0.396 e. The number of hydroxylamine groups is 1. The van der Waals surface area contributed by atoms with E-state index < -0.39 is 0 Å². The number of ether oxygens (including phenoxy) is 1. The lowest BCUT2D eigenvalue weighted by Crippen LogP contribution is -2.30. The van der Waals surface area contributed by atoms with E-state index in [1.54, 1.807) is 7.11 Å². The fourth-order valence-electron chi connectivity index (χ4n) is 4.34. The fraction of sp³-hybridized carbons (Fsp3) is 0.552. The monoisotopic (exact) mass is 484 g/mol. The zero-order chi connectivity index (χ0) is 25.5. The van der Waals surface area contributed by atoms with Gasteiger partial charge < -0.3 is 9.84 Å². The molecule has 2 aromatic carbocycles. The number of aliphatic hydroxyl groups excluding tert-OH is 1. The number of hydrogen-bond acceptors (Lipinski definition) is 5. The van der Waals surface area contributed by atoms with Crippen molar-refractivity contribution in [2.45, 2.75) is 71.4 Å². The molecule has 0 unspecified atom stereocenters. The van der Waals surface area contributed by atoms with E-state index in [0.29, 0.717) is 25.9 Å². The number of hydrogen-bond donors (Lipinski definition) is 2. The topological polar surface area (TPSA) is 71.0 Å². The summed E-state index contributed by atoms with van der Waals surface area (Å²) in [5.74, 6) is -0.0502. The van der Waals surface area contributed by atoms with Crippen LogP contribution in [0.25, 0.3) is 11.1 Å². The lowest BCUT2D eigenvalue weighted by molar-refractivity contribution is -0.140. The van der Waals surface area contributed by atoms with Crippen LogP contribution in [0.5, 0.6) is 0 Å². The molecular formula is C29H44N2O4. The smallest absolute Gasteiger partial charge is 0.243 e. The molecule has 2 aromatic rings. The average Bonchev–Trinajstić information content (AvgIpc) is 2.86. The van der Waals surface area contributed by atoms with E-state index in [1.807, 2.05) is 6.92 Å². The molecular weight excluding hydrogens is 440 g/mol. The molecule has 194 valence electrons. The summed E-state index contributed by atoms with van der Waals surface area (Å²) in [5, 5.41) is 9.54. The summed E-state index contributed by atoms with van der Waals surface area (Å²) in [7, 11) is 1.59. The van der Waals surface area contributed by atoms with Crippen LogP contribution in [-0.2, 0) is 20.9 Å². The predicted molar refractivity (Wildman–Crippen MR) is 142 cm³/mol. The molecule has 0 aliphatic carbocycles. The Morgan fingerprint density at radius 1 is 0.971 bits per heavy atom. The zero-order valence-electron chi connectivity index (χ0n) is 22.0. The minimum Gasteiger partial charge on any atom is -0.396 e. The Balaban J connectivity index is 1.95. The highest BCUT2D eigenvalue weighted by Gasteiger charge is 2.15. The van der Waals surface area contributed by atoms with E-state index >= 15 is 0 Å². The maximum absolute atomic E-state index is 12.2. The third-order valence-electron chi connectivity index (χ3n) is 6.13. The Kier molecular flexibility index (Phi) is 13.6. The maximum atomic E-state index is 12.2. The quantitative estimate of drug-likeness (QED) is 0.298. The van der Waals surface area contributed by atoms with Crippen molar-refractivity contribution in [3.63, 3.8) is 0 Å². The third kappa shape index (κ3) is 10.5. The Morgan fingerprint density at radius 2 is 1.57 bits per heavy atom. The van der Waals surface area contributed by atoms with Gasteiger partial charge in [-0.2, -0.15) is 0 Å². The van der Waals surface area contributed by atoms with Crippen LogP contribution in [0.2, 0.25) is 0 Å². The highest BCUT2D eigenvalue weighted by atomic mass is 16.7. The van der Waals surface area contributed by atoms with Crippen molar-refractivity contribution in [2.24, 2.45) is 0 Å². The van der Waals surface area contributed by atoms with Crippen LogP contribution in [0.15, 0.2) is 48.5 Å². The van der Waals surface area contributed by atoms with Gasteiger partial charge in [0, 0.05) is 26.7 Å². The van der Waals surface area contributed by atoms with Gasteiger partial charge in [-0.15, -0.1) is 0 Å². The van der Waals surface area contributed by atoms with Crippen LogP contribution in [0.1, 0.15) is 69.9 Å². The van der Waals surface area contributed by atoms with Crippen LogP contribution in [0, 0.1) is 0 Å². The number of carbonyl (C=O) groups is 1. The standard InChI is InChI=1S/C29H44N2O4/c1-5-18-31(19-6-2)21-24-7-9-25(10-8-24)26-11-13-27(14-12-26)28(17-20-32)15-16-29(33)30-35-23(3)22-34-4/h7-14,23,28,32H,5-6,15-22H2,1-4H3,(H,30,33)/t23-,28-/m1/s1. The lowest BCUT2D eigenvalue weighted by Gasteiger charge is -2.21. The number of nitrogens with zero attached hydrogens (tertiary/aromatic N) is 1. The van der Waals surface area contributed by atoms with Crippen LogP contribution in [0.3, 0.4) is 0 Å². The van der Waals surface area contributed by atoms with E-state index in [4.69, 9.17) is 9.57 Å². The predicted octanol–water partition coefficient (Wildman–Crippen LogP) is 5.30. The number of rotatable bonds is 17. The molecule has 1 amide bonds. The molecule has 0 saturated carbocycles. The van der Waals surface area contributed by atoms with Gasteiger partial charge in [-0.05, 0) is 73.9 Å². The number of nitrogens with one attached hydrogen (secondary N) is 1. The van der Waals surface area contributed by atoms with Gasteiger partial charge in [0.25, 0.3) is 0 Å². The molecule has 0 aliphatic rings. The molecule has 0 aliphatic heterocycles. The summed E-state index contributed by atoms with van der Waals surface area (Å²) >= 11 is 0. The van der Waals surface area contributed by atoms with Crippen LogP contribution >= 0.6 is 0 Å². The maximum Gasteiger partial charge on any atom is 0.243 e. The number of carbonyl (C=O) groups excluding carboxylic acids is 1. The van der Waals surface area contributed by atoms with Gasteiger partial charge in [-0.1, -0.05) is 62.4 Å². The summed E-state index contributed by atoms with van der Waals surface area (Å²) < 4.78 is 5.00. The van der Waals surface area contributed by atoms with Crippen molar-refractivity contribution < 1.29 is 19.5 Å². The van der Waals surface area contributed by atoms with Crippen molar-refractivity contribution in [1.82, 2.24) is 10.4 Å². The molecule has 0 aromatic heterocycles. The van der Waals surface area contributed by atoms with Gasteiger partial charge in [-0.3, -0.25) is 14.5 Å². The summed E-state index contributed by atoms with van der Waals surface area (Å²) in [6.45, 7) is 10.1. The second-order valence-electron chi connectivity index (χ2n) is 9.25. The van der Waals surface area contributed by atoms with Crippen LogP contribution < -0.4 is 5.48 Å². The Morgan fingerprint density at radius 3 is 2.11 bits per heavy atom.